The van der Waals surface area contributed by atoms with Gasteiger partial charge in [-0.2, -0.15) is 0 Å². The van der Waals surface area contributed by atoms with Gasteiger partial charge in [-0.15, -0.1) is 11.3 Å². The van der Waals surface area contributed by atoms with Gasteiger partial charge in [-0.3, -0.25) is 0 Å². The molecule has 68 valence electrons. The van der Waals surface area contributed by atoms with Crippen LogP contribution in [-0.2, 0) is 6.42 Å². The SMILES string of the molecule is CCc1ccc2scc(Br)c2c1Cl. The van der Waals surface area contributed by atoms with Crippen molar-refractivity contribution >= 4 is 49.0 Å². The number of hydrogen-bond acceptors (Lipinski definition) is 1. The molecule has 1 heterocycles. The lowest BCUT2D eigenvalue weighted by molar-refractivity contribution is 1.15. The lowest BCUT2D eigenvalue weighted by atomic mass is 10.1. The molecule has 0 amide bonds. The Balaban J connectivity index is 2.83. The molecule has 2 rings (SSSR count). The van der Waals surface area contributed by atoms with E-state index in [1.165, 1.54) is 10.3 Å². The average Bonchev–Trinajstić information content (AvgIpc) is 2.49. The van der Waals surface area contributed by atoms with Crippen LogP contribution < -0.4 is 0 Å². The first kappa shape index (κ1) is 9.50. The molecule has 1 aromatic carbocycles. The summed E-state index contributed by atoms with van der Waals surface area (Å²) in [5.41, 5.74) is 1.22. The Kier molecular flexibility index (Phi) is 2.63. The van der Waals surface area contributed by atoms with Crippen molar-refractivity contribution in [2.75, 3.05) is 0 Å². The number of hydrogen-bond donors (Lipinski definition) is 0. The molecular formula is C10H8BrClS. The molecule has 0 aliphatic heterocycles. The van der Waals surface area contributed by atoms with Crippen molar-refractivity contribution in [3.05, 3.63) is 32.6 Å². The Morgan fingerprint density at radius 2 is 2.23 bits per heavy atom. The first-order chi connectivity index (χ1) is 6.24. The van der Waals surface area contributed by atoms with E-state index in [4.69, 9.17) is 11.6 Å². The van der Waals surface area contributed by atoms with Crippen LogP contribution in [0.25, 0.3) is 10.1 Å². The van der Waals surface area contributed by atoms with Gasteiger partial charge < -0.3 is 0 Å². The van der Waals surface area contributed by atoms with Crippen LogP contribution in [0.5, 0.6) is 0 Å². The van der Waals surface area contributed by atoms with E-state index in [1.54, 1.807) is 11.3 Å². The first-order valence-electron chi connectivity index (χ1n) is 4.08. The van der Waals surface area contributed by atoms with Crippen molar-refractivity contribution in [1.29, 1.82) is 0 Å². The highest BCUT2D eigenvalue weighted by Crippen LogP contribution is 2.37. The number of benzene rings is 1. The van der Waals surface area contributed by atoms with Crippen LogP contribution in [0, 0.1) is 0 Å². The van der Waals surface area contributed by atoms with E-state index in [2.05, 4.69) is 40.4 Å². The van der Waals surface area contributed by atoms with Crippen LogP contribution in [0.2, 0.25) is 5.02 Å². The Bertz CT molecular complexity index is 447. The van der Waals surface area contributed by atoms with E-state index in [1.807, 2.05) is 0 Å². The van der Waals surface area contributed by atoms with E-state index < -0.39 is 0 Å². The Labute approximate surface area is 94.7 Å². The van der Waals surface area contributed by atoms with Gasteiger partial charge in [-0.1, -0.05) is 24.6 Å². The molecule has 0 aliphatic rings. The van der Waals surface area contributed by atoms with Crippen molar-refractivity contribution in [1.82, 2.24) is 0 Å². The van der Waals surface area contributed by atoms with Crippen molar-refractivity contribution in [2.45, 2.75) is 13.3 Å². The highest BCUT2D eigenvalue weighted by atomic mass is 79.9. The van der Waals surface area contributed by atoms with Gasteiger partial charge in [0, 0.05) is 19.9 Å². The molecule has 3 heteroatoms. The van der Waals surface area contributed by atoms with Crippen molar-refractivity contribution in [2.24, 2.45) is 0 Å². The van der Waals surface area contributed by atoms with Gasteiger partial charge >= 0.3 is 0 Å². The van der Waals surface area contributed by atoms with Crippen molar-refractivity contribution in [3.63, 3.8) is 0 Å². The molecule has 0 nitrogen and oxygen atoms in total. The van der Waals surface area contributed by atoms with Crippen LogP contribution >= 0.6 is 38.9 Å². The molecule has 0 saturated heterocycles. The number of rotatable bonds is 1. The summed E-state index contributed by atoms with van der Waals surface area (Å²) in [6.45, 7) is 2.12. The van der Waals surface area contributed by atoms with Gasteiger partial charge in [0.15, 0.2) is 0 Å². The molecule has 0 N–H and O–H groups in total. The predicted octanol–water partition coefficient (Wildman–Crippen LogP) is 4.88. The third-order valence-corrected chi connectivity index (χ3v) is 4.40. The minimum atomic E-state index is 0.896. The number of thiophene rings is 1. The summed E-state index contributed by atoms with van der Waals surface area (Å²) < 4.78 is 2.35. The van der Waals surface area contributed by atoms with E-state index in [9.17, 15) is 0 Å². The predicted molar refractivity (Wildman–Crippen MR) is 63.9 cm³/mol. The van der Waals surface area contributed by atoms with Gasteiger partial charge in [-0.05, 0) is 34.0 Å². The maximum Gasteiger partial charge on any atom is 0.0536 e. The monoisotopic (exact) mass is 274 g/mol. The molecular weight excluding hydrogens is 268 g/mol. The maximum absolute atomic E-state index is 6.27. The molecule has 0 bridgehead atoms. The standard InChI is InChI=1S/C10H8BrClS/c1-2-6-3-4-8-9(10(6)12)7(11)5-13-8/h3-5H,2H2,1H3. The third-order valence-electron chi connectivity index (χ3n) is 2.09. The number of aryl methyl sites for hydroxylation is 1. The molecule has 0 saturated carbocycles. The summed E-state index contributed by atoms with van der Waals surface area (Å²) in [4.78, 5) is 0. The van der Waals surface area contributed by atoms with Gasteiger partial charge in [-0.25, -0.2) is 0 Å². The molecule has 1 aromatic heterocycles. The average molecular weight is 276 g/mol. The highest BCUT2D eigenvalue weighted by Gasteiger charge is 2.08. The smallest absolute Gasteiger partial charge is 0.0536 e. The zero-order chi connectivity index (χ0) is 9.42. The fourth-order valence-electron chi connectivity index (χ4n) is 1.37. The second-order valence-corrected chi connectivity index (χ2v) is 4.99. The quantitative estimate of drug-likeness (QED) is 0.696. The molecule has 0 fully saturated rings. The van der Waals surface area contributed by atoms with E-state index in [0.29, 0.717) is 0 Å². The largest absolute Gasteiger partial charge is 0.143 e. The number of halogens is 2. The van der Waals surface area contributed by atoms with Crippen LogP contribution in [0.4, 0.5) is 0 Å². The maximum atomic E-state index is 6.27. The Morgan fingerprint density at radius 1 is 1.46 bits per heavy atom. The zero-order valence-electron chi connectivity index (χ0n) is 7.10. The highest BCUT2D eigenvalue weighted by molar-refractivity contribution is 9.10. The molecule has 13 heavy (non-hydrogen) atoms. The topological polar surface area (TPSA) is 0 Å². The molecule has 0 radical (unpaired) electrons. The number of fused-ring (bicyclic) bond motifs is 1. The van der Waals surface area contributed by atoms with Crippen LogP contribution in [-0.4, -0.2) is 0 Å². The van der Waals surface area contributed by atoms with Gasteiger partial charge in [0.1, 0.15) is 0 Å². The van der Waals surface area contributed by atoms with Gasteiger partial charge in [0.25, 0.3) is 0 Å². The molecule has 2 aromatic rings. The lowest BCUT2D eigenvalue weighted by Gasteiger charge is -2.02. The summed E-state index contributed by atoms with van der Waals surface area (Å²) in [6, 6.07) is 4.24. The Hall–Kier alpha value is -0.0500. The third kappa shape index (κ3) is 1.51. The van der Waals surface area contributed by atoms with Crippen LogP contribution in [0.15, 0.2) is 22.0 Å². The molecule has 0 aliphatic carbocycles. The minimum Gasteiger partial charge on any atom is -0.143 e. The fraction of sp³-hybridized carbons (Fsp3) is 0.200. The van der Waals surface area contributed by atoms with Crippen molar-refractivity contribution in [3.8, 4) is 0 Å². The Morgan fingerprint density at radius 3 is 2.92 bits per heavy atom. The normalized spacial score (nSPS) is 11.0. The summed E-state index contributed by atoms with van der Waals surface area (Å²) in [5, 5.41) is 4.13. The zero-order valence-corrected chi connectivity index (χ0v) is 10.3. The summed E-state index contributed by atoms with van der Waals surface area (Å²) in [7, 11) is 0. The van der Waals surface area contributed by atoms with Gasteiger partial charge in [0.05, 0.1) is 5.02 Å². The van der Waals surface area contributed by atoms with Gasteiger partial charge in [0.2, 0.25) is 0 Å². The summed E-state index contributed by atoms with van der Waals surface area (Å²) in [5.74, 6) is 0. The second-order valence-electron chi connectivity index (χ2n) is 2.85. The minimum absolute atomic E-state index is 0.896. The second kappa shape index (κ2) is 3.60. The van der Waals surface area contributed by atoms with E-state index in [-0.39, 0.29) is 0 Å². The van der Waals surface area contributed by atoms with Crippen LogP contribution in [0.1, 0.15) is 12.5 Å². The molecule has 0 atom stereocenters. The van der Waals surface area contributed by atoms with E-state index >= 15 is 0 Å². The van der Waals surface area contributed by atoms with Crippen LogP contribution in [0.3, 0.4) is 0 Å². The van der Waals surface area contributed by atoms with Crippen molar-refractivity contribution < 1.29 is 0 Å². The van der Waals surface area contributed by atoms with E-state index in [0.717, 1.165) is 21.3 Å². The summed E-state index contributed by atoms with van der Waals surface area (Å²) >= 11 is 11.5. The molecule has 0 spiro atoms. The first-order valence-corrected chi connectivity index (χ1v) is 6.13. The summed E-state index contributed by atoms with van der Waals surface area (Å²) in [6.07, 6.45) is 0.983. The lowest BCUT2D eigenvalue weighted by Crippen LogP contribution is -1.81. The fourth-order valence-corrected chi connectivity index (χ4v) is 3.59. The molecule has 0 unspecified atom stereocenters.